The fourth-order valence-electron chi connectivity index (χ4n) is 2.95. The van der Waals surface area contributed by atoms with Gasteiger partial charge in [-0.15, -0.1) is 0 Å². The largest absolute Gasteiger partial charge is 0.311 e. The van der Waals surface area contributed by atoms with Gasteiger partial charge in [-0.05, 0) is 43.7 Å². The summed E-state index contributed by atoms with van der Waals surface area (Å²) < 4.78 is 0. The van der Waals surface area contributed by atoms with Crippen LogP contribution in [0.4, 0.5) is 0 Å². The molecule has 1 saturated heterocycles. The molecule has 1 aromatic carbocycles. The van der Waals surface area contributed by atoms with Crippen LogP contribution in [0.1, 0.15) is 44.7 Å². The molecule has 0 spiro atoms. The minimum atomic E-state index is 0.355. The molecule has 1 fully saturated rings. The van der Waals surface area contributed by atoms with E-state index in [0.717, 1.165) is 0 Å². The predicted octanol–water partition coefficient (Wildman–Crippen LogP) is 3.71. The van der Waals surface area contributed by atoms with Gasteiger partial charge in [0.2, 0.25) is 0 Å². The Kier molecular flexibility index (Phi) is 3.31. The minimum Gasteiger partial charge on any atom is -0.311 e. The van der Waals surface area contributed by atoms with E-state index in [1.165, 1.54) is 36.9 Å². The lowest BCUT2D eigenvalue weighted by Crippen LogP contribution is -2.59. The van der Waals surface area contributed by atoms with E-state index in [4.69, 9.17) is 0 Å². The van der Waals surface area contributed by atoms with Gasteiger partial charge in [-0.3, -0.25) is 0 Å². The molecule has 1 heteroatoms. The van der Waals surface area contributed by atoms with Crippen molar-refractivity contribution in [3.05, 3.63) is 35.4 Å². The first-order chi connectivity index (χ1) is 7.89. The first-order valence-electron chi connectivity index (χ1n) is 6.69. The Morgan fingerprint density at radius 3 is 2.18 bits per heavy atom. The summed E-state index contributed by atoms with van der Waals surface area (Å²) >= 11 is 0. The van der Waals surface area contributed by atoms with Gasteiger partial charge in [0.05, 0.1) is 0 Å². The second kappa shape index (κ2) is 4.45. The smallest absolute Gasteiger partial charge is 0.0238 e. The van der Waals surface area contributed by atoms with Crippen molar-refractivity contribution < 1.29 is 0 Å². The Labute approximate surface area is 106 Å². The Hall–Kier alpha value is -0.820. The van der Waals surface area contributed by atoms with E-state index in [-0.39, 0.29) is 0 Å². The maximum absolute atomic E-state index is 3.68. The minimum absolute atomic E-state index is 0.355. The van der Waals surface area contributed by atoms with Crippen molar-refractivity contribution in [2.24, 2.45) is 5.41 Å². The molecule has 2 rings (SSSR count). The summed E-state index contributed by atoms with van der Waals surface area (Å²) in [5, 5.41) is 3.68. The van der Waals surface area contributed by atoms with E-state index < -0.39 is 0 Å². The van der Waals surface area contributed by atoms with Crippen molar-refractivity contribution in [2.45, 2.75) is 52.5 Å². The highest BCUT2D eigenvalue weighted by molar-refractivity contribution is 5.24. The van der Waals surface area contributed by atoms with E-state index in [2.05, 4.69) is 57.3 Å². The van der Waals surface area contributed by atoms with Gasteiger partial charge in [-0.2, -0.15) is 0 Å². The number of hydrogen-bond acceptors (Lipinski definition) is 1. The van der Waals surface area contributed by atoms with E-state index in [1.807, 2.05) is 0 Å². The van der Waals surface area contributed by atoms with Crippen LogP contribution in [0.15, 0.2) is 24.3 Å². The third-order valence-electron chi connectivity index (χ3n) is 3.64. The quantitative estimate of drug-likeness (QED) is 0.836. The Morgan fingerprint density at radius 2 is 1.76 bits per heavy atom. The fourth-order valence-corrected chi connectivity index (χ4v) is 2.95. The molecule has 0 aliphatic carbocycles. The highest BCUT2D eigenvalue weighted by Gasteiger charge is 2.39. The van der Waals surface area contributed by atoms with Gasteiger partial charge in [-0.25, -0.2) is 0 Å². The van der Waals surface area contributed by atoms with Crippen LogP contribution in [0.25, 0.3) is 0 Å². The SMILES string of the molecule is Cc1ccc(CC2(CC(C)(C)C)CCN2)cc1. The Morgan fingerprint density at radius 1 is 1.18 bits per heavy atom. The maximum atomic E-state index is 3.68. The molecule has 1 N–H and O–H groups in total. The molecule has 1 heterocycles. The van der Waals surface area contributed by atoms with Gasteiger partial charge in [0, 0.05) is 5.54 Å². The number of hydrogen-bond donors (Lipinski definition) is 1. The summed E-state index contributed by atoms with van der Waals surface area (Å²) in [6.45, 7) is 10.3. The van der Waals surface area contributed by atoms with Crippen LogP contribution in [-0.4, -0.2) is 12.1 Å². The van der Waals surface area contributed by atoms with Crippen LogP contribution < -0.4 is 5.32 Å². The molecule has 1 aliphatic heterocycles. The van der Waals surface area contributed by atoms with Crippen LogP contribution in [0.5, 0.6) is 0 Å². The fraction of sp³-hybridized carbons (Fsp3) is 0.625. The molecular weight excluding hydrogens is 206 g/mol. The van der Waals surface area contributed by atoms with Crippen LogP contribution in [0.2, 0.25) is 0 Å². The molecule has 0 bridgehead atoms. The summed E-state index contributed by atoms with van der Waals surface area (Å²) in [6.07, 6.45) is 3.75. The molecule has 1 unspecified atom stereocenters. The second-order valence-corrected chi connectivity index (χ2v) is 6.86. The summed E-state index contributed by atoms with van der Waals surface area (Å²) in [6, 6.07) is 9.00. The topological polar surface area (TPSA) is 12.0 Å². The summed E-state index contributed by atoms with van der Waals surface area (Å²) in [4.78, 5) is 0. The van der Waals surface area contributed by atoms with E-state index >= 15 is 0 Å². The van der Waals surface area contributed by atoms with Gasteiger partial charge >= 0.3 is 0 Å². The van der Waals surface area contributed by atoms with Gasteiger partial charge in [0.25, 0.3) is 0 Å². The van der Waals surface area contributed by atoms with Crippen molar-refractivity contribution in [3.8, 4) is 0 Å². The van der Waals surface area contributed by atoms with Crippen LogP contribution in [-0.2, 0) is 6.42 Å². The molecule has 1 atom stereocenters. The summed E-state index contributed by atoms with van der Waals surface area (Å²) in [7, 11) is 0. The average molecular weight is 231 g/mol. The second-order valence-electron chi connectivity index (χ2n) is 6.86. The lowest BCUT2D eigenvalue weighted by molar-refractivity contribution is 0.132. The van der Waals surface area contributed by atoms with E-state index in [1.54, 1.807) is 0 Å². The normalized spacial score (nSPS) is 24.5. The van der Waals surface area contributed by atoms with Crippen molar-refractivity contribution >= 4 is 0 Å². The lowest BCUT2D eigenvalue weighted by atomic mass is 9.71. The molecule has 1 aliphatic rings. The van der Waals surface area contributed by atoms with Crippen LogP contribution in [0.3, 0.4) is 0 Å². The number of nitrogens with one attached hydrogen (secondary N) is 1. The molecular formula is C16H25N. The highest BCUT2D eigenvalue weighted by atomic mass is 15.0. The van der Waals surface area contributed by atoms with Gasteiger partial charge < -0.3 is 5.32 Å². The predicted molar refractivity (Wildman–Crippen MR) is 74.3 cm³/mol. The monoisotopic (exact) mass is 231 g/mol. The van der Waals surface area contributed by atoms with Gasteiger partial charge in [-0.1, -0.05) is 50.6 Å². The molecule has 0 aromatic heterocycles. The molecule has 1 aromatic rings. The van der Waals surface area contributed by atoms with Crippen molar-refractivity contribution in [2.75, 3.05) is 6.54 Å². The van der Waals surface area contributed by atoms with Gasteiger partial charge in [0.1, 0.15) is 0 Å². The van der Waals surface area contributed by atoms with Crippen molar-refractivity contribution in [1.82, 2.24) is 5.32 Å². The molecule has 0 amide bonds. The van der Waals surface area contributed by atoms with E-state index in [0.29, 0.717) is 11.0 Å². The third-order valence-corrected chi connectivity index (χ3v) is 3.64. The lowest BCUT2D eigenvalue weighted by Gasteiger charge is -2.47. The zero-order valence-electron chi connectivity index (χ0n) is 11.6. The number of rotatable bonds is 3. The van der Waals surface area contributed by atoms with Crippen LogP contribution in [0, 0.1) is 12.3 Å². The zero-order chi connectivity index (χ0) is 12.5. The molecule has 0 radical (unpaired) electrons. The van der Waals surface area contributed by atoms with E-state index in [9.17, 15) is 0 Å². The Balaban J connectivity index is 2.07. The number of benzene rings is 1. The standard InChI is InChI=1S/C16H25N/c1-13-5-7-14(8-6-13)11-16(9-10-17-16)12-15(2,3)4/h5-8,17H,9-12H2,1-4H3. The van der Waals surface area contributed by atoms with Crippen LogP contribution >= 0.6 is 0 Å². The van der Waals surface area contributed by atoms with Crippen molar-refractivity contribution in [3.63, 3.8) is 0 Å². The highest BCUT2D eigenvalue weighted by Crippen LogP contribution is 2.36. The molecule has 1 nitrogen and oxygen atoms in total. The molecule has 17 heavy (non-hydrogen) atoms. The first-order valence-corrected chi connectivity index (χ1v) is 6.69. The number of aryl methyl sites for hydroxylation is 1. The van der Waals surface area contributed by atoms with Gasteiger partial charge in [0.15, 0.2) is 0 Å². The Bertz CT molecular complexity index is 366. The summed E-state index contributed by atoms with van der Waals surface area (Å²) in [5.41, 5.74) is 3.57. The zero-order valence-corrected chi connectivity index (χ0v) is 11.6. The van der Waals surface area contributed by atoms with Crippen molar-refractivity contribution in [1.29, 1.82) is 0 Å². The molecule has 94 valence electrons. The third kappa shape index (κ3) is 3.32. The maximum Gasteiger partial charge on any atom is 0.0238 e. The first kappa shape index (κ1) is 12.6. The molecule has 0 saturated carbocycles. The average Bonchev–Trinajstić information content (AvgIpc) is 2.16. The summed E-state index contributed by atoms with van der Waals surface area (Å²) in [5.74, 6) is 0.